The molecule has 0 amide bonds. The van der Waals surface area contributed by atoms with Crippen LogP contribution in [0.4, 0.5) is 0 Å². The van der Waals surface area contributed by atoms with Crippen LogP contribution in [-0.4, -0.2) is 19.3 Å². The zero-order valence-electron chi connectivity index (χ0n) is 16.0. The molecule has 0 fully saturated rings. The first kappa shape index (κ1) is 24.6. The van der Waals surface area contributed by atoms with Gasteiger partial charge in [0.1, 0.15) is 0 Å². The first-order valence-electron chi connectivity index (χ1n) is 8.32. The molecule has 0 aliphatic heterocycles. The number of halogens is 2. The van der Waals surface area contributed by atoms with E-state index < -0.39 is 0 Å². The Morgan fingerprint density at radius 3 is 2.27 bits per heavy atom. The van der Waals surface area contributed by atoms with Crippen molar-refractivity contribution in [3.05, 3.63) is 65.8 Å². The molecule has 1 atom stereocenters. The van der Waals surface area contributed by atoms with Crippen LogP contribution in [0, 0.1) is 7.14 Å². The first-order chi connectivity index (χ1) is 11.5. The smallest absolute Gasteiger partial charge is 1.00 e. The van der Waals surface area contributed by atoms with Crippen molar-refractivity contribution in [3.8, 4) is 0 Å². The molecule has 131 valence electrons. The minimum atomic E-state index is -0.217. The molecule has 0 saturated heterocycles. The maximum atomic E-state index is 11.4. The molecule has 0 spiro atoms. The van der Waals surface area contributed by atoms with Gasteiger partial charge in [-0.15, -0.1) is 0 Å². The van der Waals surface area contributed by atoms with Crippen LogP contribution in [0.5, 0.6) is 0 Å². The summed E-state index contributed by atoms with van der Waals surface area (Å²) >= 11 is 4.59. The van der Waals surface area contributed by atoms with E-state index in [-0.39, 0.29) is 45.5 Å². The molecule has 0 aromatic heterocycles. The van der Waals surface area contributed by atoms with Crippen molar-refractivity contribution in [2.24, 2.45) is 0 Å². The van der Waals surface area contributed by atoms with Crippen LogP contribution in [0.3, 0.4) is 0 Å². The number of ketones is 1. The number of aryl methyl sites for hydroxylation is 2. The van der Waals surface area contributed by atoms with E-state index in [0.717, 1.165) is 49.7 Å². The Bertz CT molecular complexity index is 774. The zero-order chi connectivity index (χ0) is 17.1. The van der Waals surface area contributed by atoms with Crippen LogP contribution in [0.1, 0.15) is 60.3 Å². The Morgan fingerprint density at radius 1 is 0.923 bits per heavy atom. The van der Waals surface area contributed by atoms with Crippen molar-refractivity contribution in [2.75, 3.05) is 0 Å². The van der Waals surface area contributed by atoms with Gasteiger partial charge in [0.15, 0.2) is 5.78 Å². The van der Waals surface area contributed by atoms with E-state index in [1.807, 2.05) is 12.1 Å². The summed E-state index contributed by atoms with van der Waals surface area (Å²) in [4.78, 5) is 11.4. The number of Topliss-reactive ketones (excluding diaryl/α,β-unsaturated/α-hetero) is 1. The third-order valence-electron chi connectivity index (χ3n) is 4.61. The number of aliphatic hydroxyl groups is 1. The standard InChI is InChI=1S/C10H11IO.C10H9IO.B.Na.H/c2*11-8-4-5-9-7(6-8)2-1-3-10(9)12;;;/h4-6,10,12H,1-3H2;4-6H,1-3H2;;;/q;;;+1;-1. The number of hydrogen-bond acceptors (Lipinski definition) is 2. The third-order valence-corrected chi connectivity index (χ3v) is 5.95. The molecule has 0 saturated carbocycles. The van der Waals surface area contributed by atoms with Gasteiger partial charge < -0.3 is 6.53 Å². The van der Waals surface area contributed by atoms with Crippen LogP contribution in [0.15, 0.2) is 36.4 Å². The van der Waals surface area contributed by atoms with Gasteiger partial charge in [0.25, 0.3) is 0 Å². The predicted molar refractivity (Wildman–Crippen MR) is 120 cm³/mol. The summed E-state index contributed by atoms with van der Waals surface area (Å²) in [7, 11) is 0. The van der Waals surface area contributed by atoms with Gasteiger partial charge in [-0.3, -0.25) is 4.79 Å². The van der Waals surface area contributed by atoms with Crippen LogP contribution in [0.2, 0.25) is 0 Å². The van der Waals surface area contributed by atoms with Gasteiger partial charge in [0, 0.05) is 27.5 Å². The monoisotopic (exact) mass is 581 g/mol. The molecular weight excluding hydrogens is 560 g/mol. The maximum absolute atomic E-state index is 11.4. The van der Waals surface area contributed by atoms with E-state index in [0.29, 0.717) is 5.78 Å². The van der Waals surface area contributed by atoms with Crippen molar-refractivity contribution in [1.82, 2.24) is 0 Å². The van der Waals surface area contributed by atoms with Crippen molar-refractivity contribution in [3.63, 3.8) is 0 Å². The Balaban J connectivity index is 0.000000451. The van der Waals surface area contributed by atoms with Crippen LogP contribution in [-0.2, 0) is 12.8 Å². The molecule has 2 aromatic rings. The van der Waals surface area contributed by atoms with E-state index in [2.05, 4.69) is 69.4 Å². The van der Waals surface area contributed by atoms with Crippen molar-refractivity contribution < 1.29 is 40.9 Å². The summed E-state index contributed by atoms with van der Waals surface area (Å²) in [6.07, 6.45) is 5.77. The molecule has 6 heteroatoms. The Morgan fingerprint density at radius 2 is 1.54 bits per heavy atom. The van der Waals surface area contributed by atoms with Gasteiger partial charge in [-0.2, -0.15) is 0 Å². The van der Waals surface area contributed by atoms with E-state index >= 15 is 0 Å². The van der Waals surface area contributed by atoms with Crippen LogP contribution >= 0.6 is 45.2 Å². The van der Waals surface area contributed by atoms with Gasteiger partial charge in [-0.05, 0) is 118 Å². The van der Waals surface area contributed by atoms with Gasteiger partial charge in [-0.1, -0.05) is 12.1 Å². The first-order valence-corrected chi connectivity index (χ1v) is 10.5. The van der Waals surface area contributed by atoms with Crippen LogP contribution in [0.25, 0.3) is 0 Å². The molecule has 0 heterocycles. The molecule has 2 aromatic carbocycles. The molecule has 2 aliphatic carbocycles. The van der Waals surface area contributed by atoms with Crippen LogP contribution < -0.4 is 29.6 Å². The number of hydrogen-bond donors (Lipinski definition) is 1. The summed E-state index contributed by atoms with van der Waals surface area (Å²) in [6, 6.07) is 12.4. The minimum absolute atomic E-state index is 0. The van der Waals surface area contributed by atoms with Gasteiger partial charge in [0.2, 0.25) is 0 Å². The molecule has 3 radical (unpaired) electrons. The van der Waals surface area contributed by atoms with E-state index in [9.17, 15) is 9.90 Å². The number of rotatable bonds is 0. The topological polar surface area (TPSA) is 37.3 Å². The Kier molecular flexibility index (Phi) is 11.0. The van der Waals surface area contributed by atoms with E-state index in [1.165, 1.54) is 18.3 Å². The Labute approximate surface area is 208 Å². The van der Waals surface area contributed by atoms with E-state index in [1.54, 1.807) is 0 Å². The summed E-state index contributed by atoms with van der Waals surface area (Å²) in [5.74, 6) is 0.313. The zero-order valence-corrected chi connectivity index (χ0v) is 21.3. The molecule has 1 N–H and O–H groups in total. The quantitative estimate of drug-likeness (QED) is 0.383. The number of carbonyl (C=O) groups excluding carboxylic acids is 1. The summed E-state index contributed by atoms with van der Waals surface area (Å²) in [5, 5.41) is 9.65. The van der Waals surface area contributed by atoms with Gasteiger partial charge >= 0.3 is 29.6 Å². The largest absolute Gasteiger partial charge is 1.00 e. The molecule has 0 bridgehead atoms. The fraction of sp³-hybridized carbons (Fsp3) is 0.350. The minimum Gasteiger partial charge on any atom is -1.00 e. The molecule has 2 nitrogen and oxygen atoms in total. The number of carbonyl (C=O) groups is 1. The molecule has 1 unspecified atom stereocenters. The fourth-order valence-corrected chi connectivity index (χ4v) is 4.48. The second kappa shape index (κ2) is 11.6. The number of aliphatic hydroxyl groups excluding tert-OH is 1. The van der Waals surface area contributed by atoms with Crippen molar-refractivity contribution in [1.29, 1.82) is 0 Å². The molecule has 4 rings (SSSR count). The second-order valence-corrected chi connectivity index (χ2v) is 8.82. The second-order valence-electron chi connectivity index (χ2n) is 6.33. The fourth-order valence-electron chi connectivity index (χ4n) is 3.37. The normalized spacial score (nSPS) is 17.5. The summed E-state index contributed by atoms with van der Waals surface area (Å²) < 4.78 is 2.49. The average Bonchev–Trinajstić information content (AvgIpc) is 2.55. The summed E-state index contributed by atoms with van der Waals surface area (Å²) in [5.41, 5.74) is 4.65. The van der Waals surface area contributed by atoms with Crippen molar-refractivity contribution in [2.45, 2.75) is 44.6 Å². The van der Waals surface area contributed by atoms with Gasteiger partial charge in [0.05, 0.1) is 6.10 Å². The molecule has 26 heavy (non-hydrogen) atoms. The number of fused-ring (bicyclic) bond motifs is 2. The maximum Gasteiger partial charge on any atom is 1.00 e. The Hall–Kier alpha value is 0.595. The average molecular weight is 581 g/mol. The van der Waals surface area contributed by atoms with E-state index in [4.69, 9.17) is 0 Å². The predicted octanol–water partition coefficient (Wildman–Crippen LogP) is 2.21. The molecular formula is C20H21BI2NaO2. The third kappa shape index (κ3) is 6.31. The van der Waals surface area contributed by atoms with Gasteiger partial charge in [-0.25, -0.2) is 0 Å². The summed E-state index contributed by atoms with van der Waals surface area (Å²) in [6.45, 7) is 0. The molecule has 2 aliphatic rings. The SMILES string of the molecule is O=C1CCCc2cc(I)ccc21.OC1CCCc2cc(I)ccc21.[B].[H-].[Na+]. The number of benzene rings is 2. The van der Waals surface area contributed by atoms with Crippen molar-refractivity contribution >= 4 is 59.4 Å².